The van der Waals surface area contributed by atoms with Gasteiger partial charge in [0.15, 0.2) is 0 Å². The van der Waals surface area contributed by atoms with Gasteiger partial charge in [0.2, 0.25) is 0 Å². The summed E-state index contributed by atoms with van der Waals surface area (Å²) in [7, 11) is 1.31. The number of alkyl carbamates (subject to hydrolysis) is 1. The van der Waals surface area contributed by atoms with Gasteiger partial charge in [0, 0.05) is 19.5 Å². The van der Waals surface area contributed by atoms with Crippen LogP contribution in [0.25, 0.3) is 0 Å². The third kappa shape index (κ3) is 5.94. The van der Waals surface area contributed by atoms with E-state index >= 15 is 0 Å². The minimum absolute atomic E-state index is 0.0638. The van der Waals surface area contributed by atoms with E-state index < -0.39 is 23.7 Å². The number of hydrogen-bond donors (Lipinski definition) is 2. The molecular formula is C18H26N2O5. The summed E-state index contributed by atoms with van der Waals surface area (Å²) in [5.41, 5.74) is 0.553. The third-order valence-electron chi connectivity index (χ3n) is 3.64. The maximum absolute atomic E-state index is 11.9. The zero-order valence-corrected chi connectivity index (χ0v) is 15.1. The number of esters is 1. The van der Waals surface area contributed by atoms with E-state index in [1.165, 1.54) is 7.11 Å². The number of fused-ring (bicyclic) bond motifs is 1. The first-order valence-corrected chi connectivity index (χ1v) is 8.31. The molecule has 1 amide bonds. The number of para-hydroxylation sites is 1. The molecule has 0 aliphatic carbocycles. The fourth-order valence-corrected chi connectivity index (χ4v) is 2.52. The normalized spacial score (nSPS) is 17.2. The van der Waals surface area contributed by atoms with Crippen LogP contribution in [0.2, 0.25) is 0 Å². The van der Waals surface area contributed by atoms with E-state index in [2.05, 4.69) is 10.6 Å². The van der Waals surface area contributed by atoms with Gasteiger partial charge in [-0.3, -0.25) is 10.1 Å². The maximum Gasteiger partial charge on any atom is 0.407 e. The van der Waals surface area contributed by atoms with Gasteiger partial charge in [0.1, 0.15) is 23.5 Å². The zero-order valence-electron chi connectivity index (χ0n) is 15.1. The second-order valence-electron chi connectivity index (χ2n) is 6.92. The van der Waals surface area contributed by atoms with Gasteiger partial charge < -0.3 is 19.5 Å². The van der Waals surface area contributed by atoms with Crippen LogP contribution in [0.15, 0.2) is 24.3 Å². The number of carbonyl (C=O) groups excluding carboxylic acids is 2. The Kier molecular flexibility index (Phi) is 6.25. The topological polar surface area (TPSA) is 85.9 Å². The lowest BCUT2D eigenvalue weighted by molar-refractivity contribution is -0.143. The number of carbonyl (C=O) groups is 2. The summed E-state index contributed by atoms with van der Waals surface area (Å²) in [4.78, 5) is 23.7. The van der Waals surface area contributed by atoms with Crippen LogP contribution in [-0.4, -0.2) is 50.0 Å². The molecule has 1 aliphatic rings. The van der Waals surface area contributed by atoms with Crippen molar-refractivity contribution in [2.24, 2.45) is 0 Å². The monoisotopic (exact) mass is 350 g/mol. The van der Waals surface area contributed by atoms with Gasteiger partial charge in [-0.15, -0.1) is 0 Å². The van der Waals surface area contributed by atoms with Gasteiger partial charge in [-0.25, -0.2) is 4.79 Å². The van der Waals surface area contributed by atoms with Crippen molar-refractivity contribution in [1.82, 2.24) is 10.6 Å². The lowest BCUT2D eigenvalue weighted by Crippen LogP contribution is -2.49. The Labute approximate surface area is 148 Å². The van der Waals surface area contributed by atoms with E-state index in [1.54, 1.807) is 20.8 Å². The number of amides is 1. The van der Waals surface area contributed by atoms with Crippen LogP contribution in [0.1, 0.15) is 26.3 Å². The predicted octanol–water partition coefficient (Wildman–Crippen LogP) is 1.65. The minimum atomic E-state index is -0.676. The fourth-order valence-electron chi connectivity index (χ4n) is 2.52. The van der Waals surface area contributed by atoms with Crippen LogP contribution in [0.4, 0.5) is 4.79 Å². The van der Waals surface area contributed by atoms with Gasteiger partial charge in [-0.2, -0.15) is 0 Å². The molecule has 2 N–H and O–H groups in total. The number of nitrogens with one attached hydrogen (secondary N) is 2. The predicted molar refractivity (Wildman–Crippen MR) is 92.6 cm³/mol. The quantitative estimate of drug-likeness (QED) is 0.759. The smallest absolute Gasteiger partial charge is 0.407 e. The van der Waals surface area contributed by atoms with E-state index in [1.807, 2.05) is 24.3 Å². The van der Waals surface area contributed by atoms with Crippen LogP contribution < -0.4 is 15.4 Å². The summed E-state index contributed by atoms with van der Waals surface area (Å²) < 4.78 is 15.8. The standard InChI is InChI=1S/C18H26N2O5/c1-18(2,3)25-17(22)20-11-14(16(21)23-4)19-10-13-9-12-7-5-6-8-15(12)24-13/h5-8,13-14,19H,9-11H2,1-4H3,(H,20,22). The Hall–Kier alpha value is -2.28. The highest BCUT2D eigenvalue weighted by Crippen LogP contribution is 2.27. The molecule has 0 radical (unpaired) electrons. The second kappa shape index (κ2) is 8.20. The number of hydrogen-bond acceptors (Lipinski definition) is 6. The van der Waals surface area contributed by atoms with E-state index in [0.717, 1.165) is 17.7 Å². The van der Waals surface area contributed by atoms with Gasteiger partial charge in [0.25, 0.3) is 0 Å². The summed E-state index contributed by atoms with van der Waals surface area (Å²) in [6.07, 6.45) is 0.134. The molecule has 0 fully saturated rings. The first-order chi connectivity index (χ1) is 11.8. The summed E-state index contributed by atoms with van der Waals surface area (Å²) in [5, 5.41) is 5.68. The number of ether oxygens (including phenoxy) is 3. The molecular weight excluding hydrogens is 324 g/mol. The molecule has 1 aliphatic heterocycles. The molecule has 0 bridgehead atoms. The second-order valence-corrected chi connectivity index (χ2v) is 6.92. The van der Waals surface area contributed by atoms with Crippen molar-refractivity contribution >= 4 is 12.1 Å². The van der Waals surface area contributed by atoms with Gasteiger partial charge in [0.05, 0.1) is 7.11 Å². The highest BCUT2D eigenvalue weighted by atomic mass is 16.6. The SMILES string of the molecule is COC(=O)C(CNC(=O)OC(C)(C)C)NCC1Cc2ccccc2O1. The van der Waals surface area contributed by atoms with Crippen molar-refractivity contribution in [3.63, 3.8) is 0 Å². The summed E-state index contributed by atoms with van der Waals surface area (Å²) in [6, 6.07) is 7.18. The average Bonchev–Trinajstić information content (AvgIpc) is 2.95. The lowest BCUT2D eigenvalue weighted by atomic mass is 10.1. The van der Waals surface area contributed by atoms with Crippen molar-refractivity contribution in [1.29, 1.82) is 0 Å². The molecule has 0 aromatic heterocycles. The van der Waals surface area contributed by atoms with Crippen LogP contribution in [0.3, 0.4) is 0 Å². The van der Waals surface area contributed by atoms with Crippen LogP contribution in [0, 0.1) is 0 Å². The molecule has 2 unspecified atom stereocenters. The molecule has 1 heterocycles. The van der Waals surface area contributed by atoms with Crippen molar-refractivity contribution in [3.05, 3.63) is 29.8 Å². The van der Waals surface area contributed by atoms with Crippen molar-refractivity contribution < 1.29 is 23.8 Å². The van der Waals surface area contributed by atoms with Gasteiger partial charge >= 0.3 is 12.1 Å². The summed E-state index contributed by atoms with van der Waals surface area (Å²) in [5.74, 6) is 0.419. The van der Waals surface area contributed by atoms with Gasteiger partial charge in [-0.05, 0) is 32.4 Å². The molecule has 0 saturated heterocycles. The highest BCUT2D eigenvalue weighted by Gasteiger charge is 2.26. The van der Waals surface area contributed by atoms with Crippen LogP contribution in [-0.2, 0) is 20.7 Å². The molecule has 0 saturated carbocycles. The summed E-state index contributed by atoms with van der Waals surface area (Å²) in [6.45, 7) is 5.86. The first kappa shape index (κ1) is 19.1. The fraction of sp³-hybridized carbons (Fsp3) is 0.556. The van der Waals surface area contributed by atoms with Gasteiger partial charge in [-0.1, -0.05) is 18.2 Å². The largest absolute Gasteiger partial charge is 0.488 e. The Morgan fingerprint density at radius 2 is 2.04 bits per heavy atom. The Bertz CT molecular complexity index is 587. The van der Waals surface area contributed by atoms with Crippen molar-refractivity contribution in [3.8, 4) is 5.75 Å². The summed E-state index contributed by atoms with van der Waals surface area (Å²) >= 11 is 0. The molecule has 25 heavy (non-hydrogen) atoms. The number of rotatable bonds is 6. The molecule has 2 atom stereocenters. The van der Waals surface area contributed by atoms with E-state index in [9.17, 15) is 9.59 Å². The maximum atomic E-state index is 11.9. The van der Waals surface area contributed by atoms with E-state index in [0.29, 0.717) is 6.54 Å². The Morgan fingerprint density at radius 3 is 2.68 bits per heavy atom. The van der Waals surface area contributed by atoms with E-state index in [4.69, 9.17) is 14.2 Å². The Balaban J connectivity index is 1.83. The van der Waals surface area contributed by atoms with Crippen LogP contribution >= 0.6 is 0 Å². The molecule has 1 aromatic rings. The number of benzene rings is 1. The number of methoxy groups -OCH3 is 1. The van der Waals surface area contributed by atoms with E-state index in [-0.39, 0.29) is 12.6 Å². The molecule has 2 rings (SSSR count). The zero-order chi connectivity index (χ0) is 18.4. The Morgan fingerprint density at radius 1 is 1.32 bits per heavy atom. The molecule has 7 heteroatoms. The van der Waals surface area contributed by atoms with Crippen LogP contribution in [0.5, 0.6) is 5.75 Å². The average molecular weight is 350 g/mol. The first-order valence-electron chi connectivity index (χ1n) is 8.31. The molecule has 138 valence electrons. The lowest BCUT2D eigenvalue weighted by Gasteiger charge is -2.22. The molecule has 1 aromatic carbocycles. The van der Waals surface area contributed by atoms with Crippen molar-refractivity contribution in [2.45, 2.75) is 44.9 Å². The molecule has 7 nitrogen and oxygen atoms in total. The highest BCUT2D eigenvalue weighted by molar-refractivity contribution is 5.77. The van der Waals surface area contributed by atoms with Crippen molar-refractivity contribution in [2.75, 3.05) is 20.2 Å². The third-order valence-corrected chi connectivity index (χ3v) is 3.64. The minimum Gasteiger partial charge on any atom is -0.488 e. The molecule has 0 spiro atoms.